The molecule has 0 atom stereocenters. The number of halogens is 1. The van der Waals surface area contributed by atoms with Crippen molar-refractivity contribution in [2.75, 3.05) is 0 Å². The summed E-state index contributed by atoms with van der Waals surface area (Å²) < 4.78 is 15.2. The number of nitrogens with zero attached hydrogens (tertiary/aromatic N) is 1. The van der Waals surface area contributed by atoms with Crippen LogP contribution in [0.2, 0.25) is 0 Å². The Labute approximate surface area is 135 Å². The lowest BCUT2D eigenvalue weighted by Crippen LogP contribution is -2.02. The van der Waals surface area contributed by atoms with Crippen LogP contribution < -0.4 is 0 Å². The predicted molar refractivity (Wildman–Crippen MR) is 90.1 cm³/mol. The zero-order chi connectivity index (χ0) is 16.4. The molecule has 0 aliphatic heterocycles. The molecule has 0 N–H and O–H groups in total. The third-order valence-corrected chi connectivity index (χ3v) is 4.05. The van der Waals surface area contributed by atoms with Gasteiger partial charge >= 0.3 is 0 Å². The fraction of sp³-hybridized carbons (Fsp3) is 0.150. The molecular formula is C20H18FNO. The average molecular weight is 307 g/mol. The highest BCUT2D eigenvalue weighted by atomic mass is 19.1. The normalized spacial score (nSPS) is 10.7. The van der Waals surface area contributed by atoms with E-state index in [9.17, 15) is 9.18 Å². The molecule has 0 saturated heterocycles. The van der Waals surface area contributed by atoms with Crippen molar-refractivity contribution < 1.29 is 9.18 Å². The smallest absolute Gasteiger partial charge is 0.162 e. The molecule has 0 aliphatic rings. The van der Waals surface area contributed by atoms with E-state index in [1.165, 1.54) is 17.7 Å². The van der Waals surface area contributed by atoms with Gasteiger partial charge in [-0.25, -0.2) is 4.39 Å². The van der Waals surface area contributed by atoms with Crippen LogP contribution in [0, 0.1) is 12.7 Å². The fourth-order valence-electron chi connectivity index (χ4n) is 2.89. The van der Waals surface area contributed by atoms with Gasteiger partial charge < -0.3 is 4.57 Å². The van der Waals surface area contributed by atoms with Crippen LogP contribution in [0.5, 0.6) is 0 Å². The first-order chi connectivity index (χ1) is 11.1. The number of hydrogen-bond acceptors (Lipinski definition) is 1. The maximum Gasteiger partial charge on any atom is 0.162 e. The predicted octanol–water partition coefficient (Wildman–Crippen LogP) is 4.85. The van der Waals surface area contributed by atoms with Crippen molar-refractivity contribution in [1.29, 1.82) is 0 Å². The first-order valence-electron chi connectivity index (χ1n) is 7.57. The highest BCUT2D eigenvalue weighted by Crippen LogP contribution is 2.29. The van der Waals surface area contributed by atoms with Crippen molar-refractivity contribution in [3.8, 4) is 11.1 Å². The molecule has 0 unspecified atom stereocenters. The van der Waals surface area contributed by atoms with Gasteiger partial charge in [-0.15, -0.1) is 0 Å². The highest BCUT2D eigenvalue weighted by Gasteiger charge is 2.17. The summed E-state index contributed by atoms with van der Waals surface area (Å²) in [6.07, 6.45) is 1.98. The number of rotatable bonds is 4. The number of aromatic nitrogens is 1. The van der Waals surface area contributed by atoms with Crippen LogP contribution >= 0.6 is 0 Å². The summed E-state index contributed by atoms with van der Waals surface area (Å²) in [5.41, 5.74) is 4.51. The molecule has 0 aliphatic carbocycles. The number of ketones is 1. The van der Waals surface area contributed by atoms with Crippen LogP contribution in [0.1, 0.15) is 28.5 Å². The maximum atomic E-state index is 13.2. The Morgan fingerprint density at radius 2 is 1.70 bits per heavy atom. The van der Waals surface area contributed by atoms with Gasteiger partial charge in [0.05, 0.1) is 0 Å². The van der Waals surface area contributed by atoms with Crippen LogP contribution in [0.3, 0.4) is 0 Å². The zero-order valence-electron chi connectivity index (χ0n) is 13.2. The molecule has 0 fully saturated rings. The van der Waals surface area contributed by atoms with Gasteiger partial charge in [0.1, 0.15) is 5.82 Å². The van der Waals surface area contributed by atoms with Crippen LogP contribution in [0.15, 0.2) is 60.8 Å². The Kier molecular flexibility index (Phi) is 4.11. The minimum atomic E-state index is -0.279. The summed E-state index contributed by atoms with van der Waals surface area (Å²) in [6, 6.07) is 16.4. The molecule has 3 heteroatoms. The Hall–Kier alpha value is -2.68. The van der Waals surface area contributed by atoms with Gasteiger partial charge in [0.2, 0.25) is 0 Å². The highest BCUT2D eigenvalue weighted by molar-refractivity contribution is 6.02. The monoisotopic (exact) mass is 307 g/mol. The molecule has 0 bridgehead atoms. The largest absolute Gasteiger partial charge is 0.346 e. The number of carbonyl (C=O) groups is 1. The molecule has 2 aromatic carbocycles. The number of Topliss-reactive ketones (excluding diaryl/α,β-unsaturated/α-hetero) is 1. The van der Waals surface area contributed by atoms with Crippen LogP contribution in [0.4, 0.5) is 4.39 Å². The summed E-state index contributed by atoms with van der Waals surface area (Å²) >= 11 is 0. The van der Waals surface area contributed by atoms with Gasteiger partial charge in [-0.2, -0.15) is 0 Å². The van der Waals surface area contributed by atoms with Gasteiger partial charge in [0.15, 0.2) is 5.78 Å². The lowest BCUT2D eigenvalue weighted by Gasteiger charge is -2.06. The van der Waals surface area contributed by atoms with Crippen molar-refractivity contribution in [1.82, 2.24) is 4.57 Å². The Morgan fingerprint density at radius 1 is 1.04 bits per heavy atom. The molecule has 23 heavy (non-hydrogen) atoms. The minimum absolute atomic E-state index is 0.0219. The minimum Gasteiger partial charge on any atom is -0.346 e. The Balaban J connectivity index is 2.07. The third-order valence-electron chi connectivity index (χ3n) is 4.05. The van der Waals surface area contributed by atoms with Crippen LogP contribution in [-0.4, -0.2) is 10.4 Å². The average Bonchev–Trinajstić information content (AvgIpc) is 2.86. The van der Waals surface area contributed by atoms with Crippen LogP contribution in [0.25, 0.3) is 11.1 Å². The van der Waals surface area contributed by atoms with E-state index in [1.807, 2.05) is 31.3 Å². The second-order valence-electron chi connectivity index (χ2n) is 5.68. The molecule has 0 saturated carbocycles. The molecule has 0 spiro atoms. The van der Waals surface area contributed by atoms with E-state index < -0.39 is 0 Å². The van der Waals surface area contributed by atoms with Gasteiger partial charge in [-0.1, -0.05) is 42.5 Å². The summed E-state index contributed by atoms with van der Waals surface area (Å²) in [4.78, 5) is 12.1. The van der Waals surface area contributed by atoms with Crippen molar-refractivity contribution in [3.05, 3.63) is 83.4 Å². The lowest BCUT2D eigenvalue weighted by atomic mass is 10.0. The maximum absolute atomic E-state index is 13.2. The van der Waals surface area contributed by atoms with Crippen molar-refractivity contribution in [2.24, 2.45) is 0 Å². The molecule has 116 valence electrons. The molecule has 0 amide bonds. The SMILES string of the molecule is CC(=O)c1c(-c2ccc(F)cc2)cn(Cc2ccccc2)c1C. The lowest BCUT2D eigenvalue weighted by molar-refractivity contribution is 0.101. The van der Waals surface area contributed by atoms with Gasteiger partial charge in [-0.05, 0) is 37.1 Å². The fourth-order valence-corrected chi connectivity index (χ4v) is 2.89. The van der Waals surface area contributed by atoms with E-state index in [2.05, 4.69) is 16.7 Å². The van der Waals surface area contributed by atoms with E-state index >= 15 is 0 Å². The molecule has 2 nitrogen and oxygen atoms in total. The second-order valence-corrected chi connectivity index (χ2v) is 5.68. The van der Waals surface area contributed by atoms with Gasteiger partial charge in [-0.3, -0.25) is 4.79 Å². The standard InChI is InChI=1S/C20H18FNO/c1-14-20(15(2)23)19(17-8-10-18(21)11-9-17)13-22(14)12-16-6-4-3-5-7-16/h3-11,13H,12H2,1-2H3. The van der Waals surface area contributed by atoms with E-state index in [4.69, 9.17) is 0 Å². The molecule has 3 aromatic rings. The zero-order valence-corrected chi connectivity index (χ0v) is 13.2. The van der Waals surface area contributed by atoms with Crippen molar-refractivity contribution >= 4 is 5.78 Å². The van der Waals surface area contributed by atoms with Crippen molar-refractivity contribution in [3.63, 3.8) is 0 Å². The first-order valence-corrected chi connectivity index (χ1v) is 7.57. The summed E-state index contributed by atoms with van der Waals surface area (Å²) in [6.45, 7) is 4.23. The van der Waals surface area contributed by atoms with Gasteiger partial charge in [0, 0.05) is 29.6 Å². The Morgan fingerprint density at radius 3 is 2.30 bits per heavy atom. The molecule has 1 aromatic heterocycles. The third kappa shape index (κ3) is 3.09. The summed E-state index contributed by atoms with van der Waals surface area (Å²) in [5, 5.41) is 0. The van der Waals surface area contributed by atoms with Crippen LogP contribution in [-0.2, 0) is 6.54 Å². The topological polar surface area (TPSA) is 22.0 Å². The van der Waals surface area contributed by atoms with E-state index in [1.54, 1.807) is 19.1 Å². The van der Waals surface area contributed by atoms with E-state index in [0.29, 0.717) is 12.1 Å². The summed E-state index contributed by atoms with van der Waals surface area (Å²) in [7, 11) is 0. The quantitative estimate of drug-likeness (QED) is 0.631. The van der Waals surface area contributed by atoms with Crippen molar-refractivity contribution in [2.45, 2.75) is 20.4 Å². The molecule has 1 heterocycles. The number of carbonyl (C=O) groups excluding carboxylic acids is 1. The summed E-state index contributed by atoms with van der Waals surface area (Å²) in [5.74, 6) is -0.257. The first kappa shape index (κ1) is 15.2. The Bertz CT molecular complexity index is 832. The molecular weight excluding hydrogens is 289 g/mol. The molecule has 0 radical (unpaired) electrons. The van der Waals surface area contributed by atoms with E-state index in [0.717, 1.165) is 16.8 Å². The molecule has 3 rings (SSSR count). The second kappa shape index (κ2) is 6.21. The number of benzene rings is 2. The number of hydrogen-bond donors (Lipinski definition) is 0. The van der Waals surface area contributed by atoms with E-state index in [-0.39, 0.29) is 11.6 Å². The van der Waals surface area contributed by atoms with Gasteiger partial charge in [0.25, 0.3) is 0 Å².